The second kappa shape index (κ2) is 8.36. The van der Waals surface area contributed by atoms with E-state index in [0.29, 0.717) is 6.42 Å². The Bertz CT molecular complexity index is 1110. The molecule has 2 aromatic carbocycles. The Labute approximate surface area is 175 Å². The fraction of sp³-hybridized carbons (Fsp3) is 0.280. The number of hydrogen-bond acceptors (Lipinski definition) is 4. The van der Waals surface area contributed by atoms with Crippen molar-refractivity contribution >= 4 is 22.9 Å². The topological polar surface area (TPSA) is 59.4 Å². The van der Waals surface area contributed by atoms with Crippen molar-refractivity contribution in [2.45, 2.75) is 44.8 Å². The molecule has 0 bridgehead atoms. The lowest BCUT2D eigenvalue weighted by Gasteiger charge is -2.24. The van der Waals surface area contributed by atoms with Gasteiger partial charge in [-0.2, -0.15) is 0 Å². The number of fused-ring (bicyclic) bond motifs is 1. The predicted molar refractivity (Wildman–Crippen MR) is 115 cm³/mol. The van der Waals surface area contributed by atoms with Crippen LogP contribution in [0.25, 0.3) is 28.1 Å². The first-order valence-corrected chi connectivity index (χ1v) is 10.2. The Hall–Kier alpha value is -3.05. The second-order valence-electron chi connectivity index (χ2n) is 7.95. The fourth-order valence-electron chi connectivity index (χ4n) is 3.91. The summed E-state index contributed by atoms with van der Waals surface area (Å²) < 4.78 is 19.0. The first-order valence-electron chi connectivity index (χ1n) is 10.2. The molecule has 1 saturated heterocycles. The Kier molecular flexibility index (Phi) is 5.64. The molecule has 1 aliphatic heterocycles. The number of halogens is 1. The molecule has 1 aromatic heterocycles. The minimum absolute atomic E-state index is 0.0277. The highest BCUT2D eigenvalue weighted by atomic mass is 19.1. The summed E-state index contributed by atoms with van der Waals surface area (Å²) in [6.45, 7) is 4.15. The molecule has 30 heavy (non-hydrogen) atoms. The van der Waals surface area contributed by atoms with Crippen molar-refractivity contribution in [3.8, 4) is 11.1 Å². The van der Waals surface area contributed by atoms with Gasteiger partial charge in [-0.15, -0.1) is 0 Å². The number of pyridine rings is 1. The van der Waals surface area contributed by atoms with Gasteiger partial charge in [-0.05, 0) is 35.8 Å². The number of rotatable bonds is 4. The molecule has 2 heterocycles. The highest BCUT2D eigenvalue weighted by Crippen LogP contribution is 2.36. The Balaban J connectivity index is 1.91. The number of carbonyl (C=O) groups is 1. The van der Waals surface area contributed by atoms with Crippen LogP contribution in [0.15, 0.2) is 54.6 Å². The van der Waals surface area contributed by atoms with Crippen LogP contribution in [0.5, 0.6) is 0 Å². The minimum atomic E-state index is -0.697. The summed E-state index contributed by atoms with van der Waals surface area (Å²) >= 11 is 0. The van der Waals surface area contributed by atoms with E-state index in [1.165, 1.54) is 12.1 Å². The zero-order valence-corrected chi connectivity index (χ0v) is 17.0. The van der Waals surface area contributed by atoms with Crippen LogP contribution < -0.4 is 0 Å². The van der Waals surface area contributed by atoms with E-state index in [1.54, 1.807) is 12.1 Å². The SMILES string of the molecule is CC(C)c1nc2ccccc2c(-c2ccc(F)cc2)c1/C=C/[C@H]1CC(O)CC(=O)O1. The molecule has 5 heteroatoms. The molecule has 154 valence electrons. The van der Waals surface area contributed by atoms with Crippen LogP contribution in [-0.2, 0) is 9.53 Å². The third-order valence-corrected chi connectivity index (χ3v) is 5.31. The average Bonchev–Trinajstić information content (AvgIpc) is 2.71. The summed E-state index contributed by atoms with van der Waals surface area (Å²) in [5.41, 5.74) is 4.54. The molecule has 0 spiro atoms. The number of hydrogen-bond donors (Lipinski definition) is 1. The van der Waals surface area contributed by atoms with Crippen molar-refractivity contribution in [1.82, 2.24) is 4.98 Å². The van der Waals surface area contributed by atoms with E-state index in [1.807, 2.05) is 36.4 Å². The number of nitrogens with zero attached hydrogens (tertiary/aromatic N) is 1. The highest BCUT2D eigenvalue weighted by molar-refractivity contribution is 5.99. The van der Waals surface area contributed by atoms with Gasteiger partial charge >= 0.3 is 5.97 Å². The molecule has 1 fully saturated rings. The molecule has 3 aromatic rings. The van der Waals surface area contributed by atoms with Crippen LogP contribution in [0.4, 0.5) is 4.39 Å². The van der Waals surface area contributed by atoms with Crippen LogP contribution in [0.3, 0.4) is 0 Å². The summed E-state index contributed by atoms with van der Waals surface area (Å²) in [6.07, 6.45) is 2.94. The monoisotopic (exact) mass is 405 g/mol. The standard InChI is InChI=1S/C25H24FNO3/c1-15(2)25-21(12-11-19-13-18(28)14-23(29)30-19)24(16-7-9-17(26)10-8-16)20-5-3-4-6-22(20)27-25/h3-12,15,18-19,28H,13-14H2,1-2H3/b12-11+/t18?,19-/m0/s1. The molecular formula is C25H24FNO3. The van der Waals surface area contributed by atoms with Gasteiger partial charge in [-0.25, -0.2) is 4.39 Å². The van der Waals surface area contributed by atoms with E-state index in [4.69, 9.17) is 9.72 Å². The number of aromatic nitrogens is 1. The van der Waals surface area contributed by atoms with Crippen LogP contribution in [0, 0.1) is 5.82 Å². The van der Waals surface area contributed by atoms with Crippen LogP contribution in [0.1, 0.15) is 43.9 Å². The zero-order valence-electron chi connectivity index (χ0n) is 17.0. The van der Waals surface area contributed by atoms with E-state index >= 15 is 0 Å². The number of para-hydroxylation sites is 1. The Morgan fingerprint density at radius 3 is 2.60 bits per heavy atom. The third-order valence-electron chi connectivity index (χ3n) is 5.31. The van der Waals surface area contributed by atoms with Gasteiger partial charge in [0.05, 0.1) is 23.7 Å². The molecular weight excluding hydrogens is 381 g/mol. The van der Waals surface area contributed by atoms with Gasteiger partial charge in [-0.1, -0.05) is 50.3 Å². The number of aliphatic hydroxyl groups excluding tert-OH is 1. The molecule has 1 aliphatic rings. The Morgan fingerprint density at radius 2 is 1.90 bits per heavy atom. The molecule has 0 aliphatic carbocycles. The van der Waals surface area contributed by atoms with E-state index in [0.717, 1.165) is 33.3 Å². The molecule has 1 N–H and O–H groups in total. The molecule has 2 atom stereocenters. The summed E-state index contributed by atoms with van der Waals surface area (Å²) in [5.74, 6) is -0.544. The van der Waals surface area contributed by atoms with Crippen LogP contribution in [0.2, 0.25) is 0 Å². The van der Waals surface area contributed by atoms with Crippen molar-refractivity contribution in [3.63, 3.8) is 0 Å². The van der Waals surface area contributed by atoms with Crippen molar-refractivity contribution in [2.24, 2.45) is 0 Å². The van der Waals surface area contributed by atoms with Crippen molar-refractivity contribution in [2.75, 3.05) is 0 Å². The van der Waals surface area contributed by atoms with E-state index in [-0.39, 0.29) is 18.2 Å². The lowest BCUT2D eigenvalue weighted by Crippen LogP contribution is -2.31. The number of esters is 1. The number of cyclic esters (lactones) is 1. The molecule has 4 nitrogen and oxygen atoms in total. The Morgan fingerprint density at radius 1 is 1.17 bits per heavy atom. The van der Waals surface area contributed by atoms with Gasteiger partial charge in [0.15, 0.2) is 0 Å². The van der Waals surface area contributed by atoms with Gasteiger partial charge in [0.2, 0.25) is 0 Å². The first kappa shape index (κ1) is 20.2. The predicted octanol–water partition coefficient (Wildman–Crippen LogP) is 5.24. The number of carbonyl (C=O) groups excluding carboxylic acids is 1. The summed E-state index contributed by atoms with van der Waals surface area (Å²) in [7, 11) is 0. The largest absolute Gasteiger partial charge is 0.458 e. The van der Waals surface area contributed by atoms with E-state index in [9.17, 15) is 14.3 Å². The molecule has 4 rings (SSSR count). The lowest BCUT2D eigenvalue weighted by molar-refractivity contribution is -0.156. The number of benzene rings is 2. The van der Waals surface area contributed by atoms with Crippen LogP contribution in [-0.4, -0.2) is 28.3 Å². The first-order chi connectivity index (χ1) is 14.4. The third kappa shape index (κ3) is 4.12. The van der Waals surface area contributed by atoms with Gasteiger partial charge in [0, 0.05) is 22.9 Å². The normalized spacial score (nSPS) is 19.6. The minimum Gasteiger partial charge on any atom is -0.458 e. The molecule has 0 saturated carbocycles. The number of aliphatic hydroxyl groups is 1. The smallest absolute Gasteiger partial charge is 0.309 e. The summed E-state index contributed by atoms with van der Waals surface area (Å²) in [5, 5.41) is 10.9. The zero-order chi connectivity index (χ0) is 21.3. The van der Waals surface area contributed by atoms with Crippen molar-refractivity contribution in [1.29, 1.82) is 0 Å². The van der Waals surface area contributed by atoms with Gasteiger partial charge < -0.3 is 9.84 Å². The average molecular weight is 405 g/mol. The molecule has 0 amide bonds. The van der Waals surface area contributed by atoms with Gasteiger partial charge in [-0.3, -0.25) is 9.78 Å². The summed E-state index contributed by atoms with van der Waals surface area (Å²) in [6, 6.07) is 14.3. The van der Waals surface area contributed by atoms with E-state index in [2.05, 4.69) is 13.8 Å². The quantitative estimate of drug-likeness (QED) is 0.603. The highest BCUT2D eigenvalue weighted by Gasteiger charge is 2.26. The van der Waals surface area contributed by atoms with Crippen LogP contribution >= 0.6 is 0 Å². The van der Waals surface area contributed by atoms with E-state index < -0.39 is 18.2 Å². The molecule has 1 unspecified atom stereocenters. The van der Waals surface area contributed by atoms with Crippen molar-refractivity contribution in [3.05, 3.63) is 71.7 Å². The fourth-order valence-corrected chi connectivity index (χ4v) is 3.91. The number of ether oxygens (including phenoxy) is 1. The maximum Gasteiger partial charge on any atom is 0.309 e. The maximum atomic E-state index is 13.6. The van der Waals surface area contributed by atoms with Crippen molar-refractivity contribution < 1.29 is 19.0 Å². The summed E-state index contributed by atoms with van der Waals surface area (Å²) in [4.78, 5) is 16.6. The second-order valence-corrected chi connectivity index (χ2v) is 7.95. The van der Waals surface area contributed by atoms with Gasteiger partial charge in [0.25, 0.3) is 0 Å². The maximum absolute atomic E-state index is 13.6. The lowest BCUT2D eigenvalue weighted by atomic mass is 9.90. The van der Waals surface area contributed by atoms with Gasteiger partial charge in [0.1, 0.15) is 11.9 Å². The molecule has 0 radical (unpaired) electrons.